The summed E-state index contributed by atoms with van der Waals surface area (Å²) in [6, 6.07) is 7.07. The summed E-state index contributed by atoms with van der Waals surface area (Å²) in [5, 5.41) is 3.11. The van der Waals surface area contributed by atoms with Crippen LogP contribution >= 0.6 is 0 Å². The van der Waals surface area contributed by atoms with Crippen LogP contribution in [-0.2, 0) is 19.6 Å². The zero-order valence-electron chi connectivity index (χ0n) is 17.5. The highest BCUT2D eigenvalue weighted by Gasteiger charge is 2.36. The Labute approximate surface area is 178 Å². The fourth-order valence-corrected chi connectivity index (χ4v) is 5.84. The van der Waals surface area contributed by atoms with E-state index in [-0.39, 0.29) is 29.7 Å². The smallest absolute Gasteiger partial charge is 0.243 e. The van der Waals surface area contributed by atoms with Crippen LogP contribution in [0, 0.1) is 18.8 Å². The molecule has 8 heteroatoms. The van der Waals surface area contributed by atoms with Crippen LogP contribution in [0.4, 0.5) is 0 Å². The van der Waals surface area contributed by atoms with Crippen LogP contribution in [-0.4, -0.2) is 61.7 Å². The van der Waals surface area contributed by atoms with Gasteiger partial charge in [0.05, 0.1) is 4.90 Å². The third-order valence-corrected chi connectivity index (χ3v) is 8.48. The Morgan fingerprint density at radius 1 is 0.867 bits per heavy atom. The van der Waals surface area contributed by atoms with E-state index in [1.165, 1.54) is 4.31 Å². The first-order chi connectivity index (χ1) is 14.3. The number of rotatable bonds is 5. The Balaban J connectivity index is 1.26. The van der Waals surface area contributed by atoms with Crippen molar-refractivity contribution >= 4 is 21.8 Å². The van der Waals surface area contributed by atoms with E-state index in [0.717, 1.165) is 31.2 Å². The normalized spacial score (nSPS) is 22.1. The first-order valence-electron chi connectivity index (χ1n) is 11.0. The van der Waals surface area contributed by atoms with Crippen molar-refractivity contribution in [3.05, 3.63) is 29.8 Å². The van der Waals surface area contributed by atoms with Gasteiger partial charge in [-0.05, 0) is 57.6 Å². The molecule has 0 aromatic heterocycles. The van der Waals surface area contributed by atoms with Gasteiger partial charge in [0, 0.05) is 44.1 Å². The highest BCUT2D eigenvalue weighted by Crippen LogP contribution is 2.30. The number of benzene rings is 1. The Morgan fingerprint density at radius 3 is 2.03 bits per heavy atom. The molecule has 4 rings (SSSR count). The van der Waals surface area contributed by atoms with Crippen LogP contribution in [0.2, 0.25) is 0 Å². The van der Waals surface area contributed by atoms with E-state index in [0.29, 0.717) is 43.9 Å². The van der Waals surface area contributed by atoms with Crippen LogP contribution in [0.3, 0.4) is 0 Å². The summed E-state index contributed by atoms with van der Waals surface area (Å²) >= 11 is 0. The summed E-state index contributed by atoms with van der Waals surface area (Å²) in [7, 11) is -3.51. The average molecular weight is 434 g/mol. The molecule has 1 N–H and O–H groups in total. The number of carbonyl (C=O) groups excluding carboxylic acids is 2. The maximum atomic E-state index is 12.9. The van der Waals surface area contributed by atoms with E-state index in [4.69, 9.17) is 0 Å². The van der Waals surface area contributed by atoms with Gasteiger partial charge in [-0.1, -0.05) is 17.7 Å². The third-order valence-electron chi connectivity index (χ3n) is 6.56. The van der Waals surface area contributed by atoms with Crippen molar-refractivity contribution in [1.29, 1.82) is 0 Å². The summed E-state index contributed by atoms with van der Waals surface area (Å²) in [5.41, 5.74) is 1.02. The molecule has 0 radical (unpaired) electrons. The number of hydrogen-bond acceptors (Lipinski definition) is 4. The third kappa shape index (κ3) is 4.70. The van der Waals surface area contributed by atoms with Gasteiger partial charge in [-0.15, -0.1) is 0 Å². The molecule has 0 unspecified atom stereocenters. The summed E-state index contributed by atoms with van der Waals surface area (Å²) < 4.78 is 27.2. The number of sulfonamides is 1. The summed E-state index contributed by atoms with van der Waals surface area (Å²) in [5.74, 6) is 0.398. The summed E-state index contributed by atoms with van der Waals surface area (Å²) in [6.45, 7) is 4.01. The van der Waals surface area contributed by atoms with Gasteiger partial charge in [-0.3, -0.25) is 9.59 Å². The number of likely N-dealkylation sites (tertiary alicyclic amines) is 1. The van der Waals surface area contributed by atoms with Gasteiger partial charge in [0.25, 0.3) is 0 Å². The lowest BCUT2D eigenvalue weighted by Gasteiger charge is -2.37. The van der Waals surface area contributed by atoms with Crippen LogP contribution in [0.5, 0.6) is 0 Å². The predicted octanol–water partition coefficient (Wildman–Crippen LogP) is 1.91. The minimum Gasteiger partial charge on any atom is -0.353 e. The van der Waals surface area contributed by atoms with Crippen molar-refractivity contribution in [2.45, 2.75) is 56.4 Å². The zero-order valence-corrected chi connectivity index (χ0v) is 18.4. The molecular formula is C22H31N3O4S. The molecule has 1 aromatic rings. The lowest BCUT2D eigenvalue weighted by molar-refractivity contribution is -0.138. The lowest BCUT2D eigenvalue weighted by Crippen LogP contribution is -2.50. The standard InChI is InChI=1S/C22H31N3O4S/c1-16-2-6-20(7-3-16)30(28,29)25-14-8-18(9-15-25)22(27)24-12-10-19(11-13-24)23-21(26)17-4-5-17/h2-3,6-7,17-19H,4-5,8-15H2,1H3,(H,23,26). The fraction of sp³-hybridized carbons (Fsp3) is 0.636. The molecule has 3 aliphatic rings. The molecule has 3 fully saturated rings. The van der Waals surface area contributed by atoms with Crippen molar-refractivity contribution in [3.63, 3.8) is 0 Å². The van der Waals surface area contributed by atoms with E-state index in [1.54, 1.807) is 24.3 Å². The topological polar surface area (TPSA) is 86.8 Å². The predicted molar refractivity (Wildman–Crippen MR) is 113 cm³/mol. The fourth-order valence-electron chi connectivity index (χ4n) is 4.37. The quantitative estimate of drug-likeness (QED) is 0.769. The first kappa shape index (κ1) is 21.3. The molecule has 7 nitrogen and oxygen atoms in total. The Kier molecular flexibility index (Phi) is 6.16. The van der Waals surface area contributed by atoms with Gasteiger partial charge in [0.1, 0.15) is 0 Å². The van der Waals surface area contributed by atoms with Gasteiger partial charge >= 0.3 is 0 Å². The number of hydrogen-bond donors (Lipinski definition) is 1. The maximum Gasteiger partial charge on any atom is 0.243 e. The second-order valence-corrected chi connectivity index (χ2v) is 10.8. The molecule has 2 heterocycles. The van der Waals surface area contributed by atoms with Crippen LogP contribution < -0.4 is 5.32 Å². The molecule has 164 valence electrons. The van der Waals surface area contributed by atoms with Crippen LogP contribution in [0.1, 0.15) is 44.1 Å². The van der Waals surface area contributed by atoms with Crippen molar-refractivity contribution in [1.82, 2.24) is 14.5 Å². The van der Waals surface area contributed by atoms with Gasteiger partial charge in [-0.2, -0.15) is 4.31 Å². The Hall–Kier alpha value is -1.93. The number of amides is 2. The van der Waals surface area contributed by atoms with E-state index < -0.39 is 10.0 Å². The van der Waals surface area contributed by atoms with Gasteiger partial charge in [0.2, 0.25) is 21.8 Å². The number of aryl methyl sites for hydroxylation is 1. The molecule has 1 saturated carbocycles. The highest BCUT2D eigenvalue weighted by atomic mass is 32.2. The zero-order chi connectivity index (χ0) is 21.3. The van der Waals surface area contributed by atoms with Crippen LogP contribution in [0.25, 0.3) is 0 Å². The van der Waals surface area contributed by atoms with E-state index in [2.05, 4.69) is 5.32 Å². The molecular weight excluding hydrogens is 402 g/mol. The van der Waals surface area contributed by atoms with Crippen molar-refractivity contribution in [3.8, 4) is 0 Å². The lowest BCUT2D eigenvalue weighted by atomic mass is 9.95. The molecule has 1 aromatic carbocycles. The van der Waals surface area contributed by atoms with Crippen molar-refractivity contribution in [2.75, 3.05) is 26.2 Å². The molecule has 2 saturated heterocycles. The number of nitrogens with one attached hydrogen (secondary N) is 1. The monoisotopic (exact) mass is 433 g/mol. The average Bonchev–Trinajstić information content (AvgIpc) is 3.60. The highest BCUT2D eigenvalue weighted by molar-refractivity contribution is 7.89. The molecule has 2 amide bonds. The second kappa shape index (κ2) is 8.67. The van der Waals surface area contributed by atoms with E-state index in [1.807, 2.05) is 11.8 Å². The van der Waals surface area contributed by atoms with Gasteiger partial charge in [-0.25, -0.2) is 8.42 Å². The SMILES string of the molecule is Cc1ccc(S(=O)(=O)N2CCC(C(=O)N3CCC(NC(=O)C4CC4)CC3)CC2)cc1. The van der Waals surface area contributed by atoms with E-state index >= 15 is 0 Å². The molecule has 0 atom stereocenters. The van der Waals surface area contributed by atoms with Crippen molar-refractivity contribution < 1.29 is 18.0 Å². The van der Waals surface area contributed by atoms with Crippen molar-refractivity contribution in [2.24, 2.45) is 11.8 Å². The molecule has 1 aliphatic carbocycles. The molecule has 0 bridgehead atoms. The minimum atomic E-state index is -3.51. The summed E-state index contributed by atoms with van der Waals surface area (Å²) in [6.07, 6.45) is 4.71. The Bertz CT molecular complexity index is 879. The Morgan fingerprint density at radius 2 is 1.47 bits per heavy atom. The van der Waals surface area contributed by atoms with Gasteiger partial charge < -0.3 is 10.2 Å². The molecule has 30 heavy (non-hydrogen) atoms. The van der Waals surface area contributed by atoms with Crippen LogP contribution in [0.15, 0.2) is 29.2 Å². The second-order valence-electron chi connectivity index (χ2n) is 8.87. The number of piperidine rings is 2. The summed E-state index contributed by atoms with van der Waals surface area (Å²) in [4.78, 5) is 27.1. The maximum absolute atomic E-state index is 12.9. The molecule has 0 spiro atoms. The molecule has 2 aliphatic heterocycles. The minimum absolute atomic E-state index is 0.118. The number of nitrogens with zero attached hydrogens (tertiary/aromatic N) is 2. The number of carbonyl (C=O) groups is 2. The largest absolute Gasteiger partial charge is 0.353 e. The van der Waals surface area contributed by atoms with Gasteiger partial charge in [0.15, 0.2) is 0 Å². The van der Waals surface area contributed by atoms with E-state index in [9.17, 15) is 18.0 Å². The first-order valence-corrected chi connectivity index (χ1v) is 12.4.